The number of Topliss-reactive ketones (excluding diaryl/α,β-unsaturated/α-hetero) is 1. The van der Waals surface area contributed by atoms with Gasteiger partial charge >= 0.3 is 5.76 Å². The van der Waals surface area contributed by atoms with Crippen molar-refractivity contribution in [2.24, 2.45) is 0 Å². The highest BCUT2D eigenvalue weighted by Gasteiger charge is 2.17. The number of aromatic nitrogens is 4. The Kier molecular flexibility index (Phi) is 4.19. The highest BCUT2D eigenvalue weighted by Crippen LogP contribution is 2.22. The van der Waals surface area contributed by atoms with E-state index in [1.807, 2.05) is 0 Å². The third kappa shape index (κ3) is 2.94. The van der Waals surface area contributed by atoms with E-state index in [1.54, 1.807) is 18.2 Å². The summed E-state index contributed by atoms with van der Waals surface area (Å²) in [4.78, 5) is 31.7. The van der Waals surface area contributed by atoms with Gasteiger partial charge in [-0.2, -0.15) is 0 Å². The fourth-order valence-electron chi connectivity index (χ4n) is 2.30. The molecule has 0 unspecified atom stereocenters. The van der Waals surface area contributed by atoms with Crippen molar-refractivity contribution in [3.8, 4) is 17.3 Å². The fraction of sp³-hybridized carbons (Fsp3) is 0.188. The quantitative estimate of drug-likeness (QED) is 0.656. The first kappa shape index (κ1) is 15.6. The van der Waals surface area contributed by atoms with Gasteiger partial charge in [0.25, 0.3) is 0 Å². The maximum Gasteiger partial charge on any atom is 0.442 e. The molecular formula is C16H14N4O4. The van der Waals surface area contributed by atoms with Crippen LogP contribution in [0.1, 0.15) is 22.8 Å². The molecular weight excluding hydrogens is 312 g/mol. The van der Waals surface area contributed by atoms with Gasteiger partial charge in [0, 0.05) is 23.5 Å². The van der Waals surface area contributed by atoms with Crippen LogP contribution in [0.25, 0.3) is 11.5 Å². The molecule has 0 aliphatic carbocycles. The monoisotopic (exact) mass is 326 g/mol. The van der Waals surface area contributed by atoms with E-state index < -0.39 is 5.76 Å². The maximum atomic E-state index is 12.0. The Bertz CT molecular complexity index is 931. The largest absolute Gasteiger partial charge is 0.496 e. The molecule has 0 fully saturated rings. The van der Waals surface area contributed by atoms with E-state index in [1.165, 1.54) is 37.2 Å². The predicted octanol–water partition coefficient (Wildman–Crippen LogP) is 1.55. The first-order chi connectivity index (χ1) is 11.6. The Morgan fingerprint density at radius 3 is 2.83 bits per heavy atom. The second kappa shape index (κ2) is 6.45. The molecule has 3 rings (SSSR count). The lowest BCUT2D eigenvalue weighted by atomic mass is 10.1. The average molecular weight is 326 g/mol. The van der Waals surface area contributed by atoms with E-state index in [9.17, 15) is 9.59 Å². The van der Waals surface area contributed by atoms with Gasteiger partial charge in [0.2, 0.25) is 5.82 Å². The molecule has 2 aromatic heterocycles. The number of carbonyl (C=O) groups is 1. The van der Waals surface area contributed by atoms with Crippen LogP contribution < -0.4 is 10.5 Å². The molecule has 0 amide bonds. The Morgan fingerprint density at radius 1 is 1.33 bits per heavy atom. The van der Waals surface area contributed by atoms with Gasteiger partial charge < -0.3 is 4.74 Å². The number of carbonyl (C=O) groups excluding carboxylic acids is 1. The summed E-state index contributed by atoms with van der Waals surface area (Å²) in [5.74, 6) is 0.0956. The van der Waals surface area contributed by atoms with Crippen LogP contribution in [-0.4, -0.2) is 32.6 Å². The molecule has 0 saturated carbocycles. The number of ketones is 1. The molecule has 8 heteroatoms. The number of nitrogens with zero attached hydrogens (tertiary/aromatic N) is 4. The zero-order valence-electron chi connectivity index (χ0n) is 13.1. The van der Waals surface area contributed by atoms with Gasteiger partial charge in [-0.25, -0.2) is 9.78 Å². The second-order valence-corrected chi connectivity index (χ2v) is 5.03. The minimum absolute atomic E-state index is 0.0780. The van der Waals surface area contributed by atoms with Crippen molar-refractivity contribution in [1.29, 1.82) is 0 Å². The zero-order valence-corrected chi connectivity index (χ0v) is 13.1. The van der Waals surface area contributed by atoms with Crippen LogP contribution in [0.3, 0.4) is 0 Å². The van der Waals surface area contributed by atoms with Gasteiger partial charge in [0.1, 0.15) is 11.4 Å². The molecule has 1 aromatic carbocycles. The summed E-state index contributed by atoms with van der Waals surface area (Å²) < 4.78 is 11.4. The first-order valence-corrected chi connectivity index (χ1v) is 7.11. The average Bonchev–Trinajstić information content (AvgIpc) is 2.96. The van der Waals surface area contributed by atoms with Gasteiger partial charge in [0.05, 0.1) is 19.9 Å². The van der Waals surface area contributed by atoms with Gasteiger partial charge in [0.15, 0.2) is 5.78 Å². The smallest absolute Gasteiger partial charge is 0.442 e. The van der Waals surface area contributed by atoms with Crippen LogP contribution in [0, 0.1) is 0 Å². The summed E-state index contributed by atoms with van der Waals surface area (Å²) >= 11 is 0. The van der Waals surface area contributed by atoms with Crippen molar-refractivity contribution in [1.82, 2.24) is 19.7 Å². The highest BCUT2D eigenvalue weighted by atomic mass is 16.5. The Morgan fingerprint density at radius 2 is 2.17 bits per heavy atom. The molecule has 0 radical (unpaired) electrons. The number of hydrogen-bond donors (Lipinski definition) is 0. The van der Waals surface area contributed by atoms with Crippen LogP contribution in [0.2, 0.25) is 0 Å². The van der Waals surface area contributed by atoms with Crippen molar-refractivity contribution in [2.45, 2.75) is 13.5 Å². The van der Waals surface area contributed by atoms with E-state index in [-0.39, 0.29) is 18.2 Å². The molecule has 0 saturated heterocycles. The summed E-state index contributed by atoms with van der Waals surface area (Å²) in [7, 11) is 1.52. The molecule has 24 heavy (non-hydrogen) atoms. The fourth-order valence-corrected chi connectivity index (χ4v) is 2.30. The lowest BCUT2D eigenvalue weighted by Crippen LogP contribution is -2.17. The van der Waals surface area contributed by atoms with E-state index in [4.69, 9.17) is 9.26 Å². The van der Waals surface area contributed by atoms with Gasteiger partial charge in [-0.05, 0) is 25.1 Å². The highest BCUT2D eigenvalue weighted by molar-refractivity contribution is 5.94. The summed E-state index contributed by atoms with van der Waals surface area (Å²) in [6.45, 7) is 1.60. The molecule has 0 atom stereocenters. The van der Waals surface area contributed by atoms with Crippen molar-refractivity contribution in [2.75, 3.05) is 7.11 Å². The predicted molar refractivity (Wildman–Crippen MR) is 83.9 cm³/mol. The molecule has 2 heterocycles. The van der Waals surface area contributed by atoms with E-state index in [0.717, 1.165) is 0 Å². The third-order valence-corrected chi connectivity index (χ3v) is 3.49. The molecule has 0 spiro atoms. The molecule has 0 bridgehead atoms. The van der Waals surface area contributed by atoms with Crippen LogP contribution in [0.5, 0.6) is 5.75 Å². The summed E-state index contributed by atoms with van der Waals surface area (Å²) in [6, 6.07) is 5.04. The van der Waals surface area contributed by atoms with Crippen LogP contribution in [0.4, 0.5) is 0 Å². The molecule has 8 nitrogen and oxygen atoms in total. The number of ether oxygens (including phenoxy) is 1. The normalized spacial score (nSPS) is 10.6. The lowest BCUT2D eigenvalue weighted by Gasteiger charge is -2.10. The standard InChI is InChI=1S/C16H14N4O4/c1-10(21)11-3-4-14(23-2)12(7-11)9-20-15(19-24-16(20)22)13-8-17-5-6-18-13/h3-8H,9H2,1-2H3. The van der Waals surface area contributed by atoms with Crippen molar-refractivity contribution in [3.63, 3.8) is 0 Å². The minimum Gasteiger partial charge on any atom is -0.496 e. The Balaban J connectivity index is 2.07. The molecule has 0 aliphatic rings. The summed E-state index contributed by atoms with van der Waals surface area (Å²) in [5.41, 5.74) is 1.59. The van der Waals surface area contributed by atoms with Crippen LogP contribution >= 0.6 is 0 Å². The molecule has 0 N–H and O–H groups in total. The van der Waals surface area contributed by atoms with E-state index >= 15 is 0 Å². The molecule has 0 aliphatic heterocycles. The minimum atomic E-state index is -0.633. The number of hydrogen-bond acceptors (Lipinski definition) is 7. The number of rotatable bonds is 5. The maximum absolute atomic E-state index is 12.0. The number of benzene rings is 1. The molecule has 3 aromatic rings. The van der Waals surface area contributed by atoms with E-state index in [2.05, 4.69) is 15.1 Å². The molecule has 122 valence electrons. The lowest BCUT2D eigenvalue weighted by molar-refractivity contribution is 0.101. The Hall–Kier alpha value is -3.29. The van der Waals surface area contributed by atoms with Crippen molar-refractivity contribution < 1.29 is 14.1 Å². The Labute approximate surface area is 136 Å². The summed E-state index contributed by atoms with van der Waals surface area (Å²) in [5, 5.41) is 3.76. The number of methoxy groups -OCH3 is 1. The van der Waals surface area contributed by atoms with Gasteiger partial charge in [-0.15, -0.1) is 0 Å². The van der Waals surface area contributed by atoms with Gasteiger partial charge in [-0.3, -0.25) is 18.9 Å². The van der Waals surface area contributed by atoms with Crippen molar-refractivity contribution in [3.05, 3.63) is 58.5 Å². The zero-order chi connectivity index (χ0) is 17.1. The van der Waals surface area contributed by atoms with E-state index in [0.29, 0.717) is 22.6 Å². The van der Waals surface area contributed by atoms with Gasteiger partial charge in [-0.1, -0.05) is 5.16 Å². The third-order valence-electron chi connectivity index (χ3n) is 3.49. The first-order valence-electron chi connectivity index (χ1n) is 7.11. The SMILES string of the molecule is COc1ccc(C(C)=O)cc1Cn1c(-c2cnccn2)noc1=O. The second-order valence-electron chi connectivity index (χ2n) is 5.03. The van der Waals surface area contributed by atoms with Crippen molar-refractivity contribution >= 4 is 5.78 Å². The van der Waals surface area contributed by atoms with Crippen LogP contribution in [-0.2, 0) is 6.54 Å². The summed E-state index contributed by atoms with van der Waals surface area (Å²) in [6.07, 6.45) is 4.50. The topological polar surface area (TPSA) is 100 Å². The van der Waals surface area contributed by atoms with Crippen LogP contribution in [0.15, 0.2) is 46.1 Å².